The first-order valence-electron chi connectivity index (χ1n) is 10.4. The van der Waals surface area contributed by atoms with Crippen LogP contribution >= 0.6 is 0 Å². The van der Waals surface area contributed by atoms with Gasteiger partial charge in [-0.25, -0.2) is 0 Å². The fourth-order valence-electron chi connectivity index (χ4n) is 3.66. The minimum atomic E-state index is -0.253. The zero-order chi connectivity index (χ0) is 21.7. The molecule has 0 radical (unpaired) electrons. The fourth-order valence-corrected chi connectivity index (χ4v) is 3.66. The largest absolute Gasteiger partial charge is 0.496 e. The van der Waals surface area contributed by atoms with Crippen molar-refractivity contribution in [3.8, 4) is 5.75 Å². The number of amides is 2. The average Bonchev–Trinajstić information content (AvgIpc) is 3.25. The number of anilines is 1. The maximum absolute atomic E-state index is 13.0. The first kappa shape index (κ1) is 21.8. The molecule has 1 fully saturated rings. The van der Waals surface area contributed by atoms with Crippen LogP contribution in [0.3, 0.4) is 0 Å². The van der Waals surface area contributed by atoms with Crippen LogP contribution in [0.15, 0.2) is 36.4 Å². The van der Waals surface area contributed by atoms with Crippen molar-refractivity contribution >= 4 is 17.5 Å². The van der Waals surface area contributed by atoms with E-state index in [9.17, 15) is 9.59 Å². The molecule has 6 heteroatoms. The maximum Gasteiger partial charge on any atom is 0.255 e. The highest BCUT2D eigenvalue weighted by Gasteiger charge is 2.20. The first-order chi connectivity index (χ1) is 14.4. The Morgan fingerprint density at radius 1 is 1.17 bits per heavy atom. The molecule has 1 atom stereocenters. The molecule has 2 amide bonds. The Morgan fingerprint density at radius 3 is 2.60 bits per heavy atom. The number of rotatable bonds is 7. The third kappa shape index (κ3) is 5.00. The lowest BCUT2D eigenvalue weighted by atomic mass is 9.96. The number of carbonyl (C=O) groups excluding carboxylic acids is 2. The molecule has 1 aliphatic heterocycles. The molecule has 1 heterocycles. The van der Waals surface area contributed by atoms with Crippen molar-refractivity contribution < 1.29 is 19.1 Å². The molecule has 0 unspecified atom stereocenters. The molecule has 3 rings (SSSR count). The molecule has 6 nitrogen and oxygen atoms in total. The number of hydrogen-bond acceptors (Lipinski definition) is 4. The number of para-hydroxylation sites is 1. The summed E-state index contributed by atoms with van der Waals surface area (Å²) in [6.07, 6.45) is 2.03. The van der Waals surface area contributed by atoms with Crippen molar-refractivity contribution in [3.63, 3.8) is 0 Å². The quantitative estimate of drug-likeness (QED) is 0.714. The fraction of sp³-hybridized carbons (Fsp3) is 0.417. The molecule has 0 bridgehead atoms. The monoisotopic (exact) mass is 410 g/mol. The van der Waals surface area contributed by atoms with Crippen LogP contribution in [0.4, 0.5) is 5.69 Å². The predicted molar refractivity (Wildman–Crippen MR) is 118 cm³/mol. The second-order valence-electron chi connectivity index (χ2n) is 7.91. The van der Waals surface area contributed by atoms with E-state index in [-0.39, 0.29) is 23.8 Å². The molecular weight excluding hydrogens is 380 g/mol. The van der Waals surface area contributed by atoms with E-state index in [2.05, 4.69) is 24.5 Å². The number of methoxy groups -OCH3 is 1. The van der Waals surface area contributed by atoms with Crippen LogP contribution in [0.2, 0.25) is 0 Å². The summed E-state index contributed by atoms with van der Waals surface area (Å²) in [6.45, 7) is 7.20. The number of ether oxygens (including phenoxy) is 2. The minimum Gasteiger partial charge on any atom is -0.496 e. The van der Waals surface area contributed by atoms with Crippen molar-refractivity contribution in [1.82, 2.24) is 5.32 Å². The molecule has 0 saturated carbocycles. The Labute approximate surface area is 178 Å². The number of hydrogen-bond donors (Lipinski definition) is 2. The van der Waals surface area contributed by atoms with Gasteiger partial charge in [0, 0.05) is 18.7 Å². The van der Waals surface area contributed by atoms with E-state index in [1.165, 1.54) is 0 Å². The van der Waals surface area contributed by atoms with E-state index < -0.39 is 0 Å². The number of benzene rings is 2. The lowest BCUT2D eigenvalue weighted by molar-refractivity contribution is 0.0858. The van der Waals surface area contributed by atoms with Crippen molar-refractivity contribution in [2.45, 2.75) is 45.6 Å². The summed E-state index contributed by atoms with van der Waals surface area (Å²) in [5.41, 5.74) is 3.26. The number of nitrogens with one attached hydrogen (secondary N) is 2. The van der Waals surface area contributed by atoms with Crippen LogP contribution in [-0.4, -0.2) is 38.2 Å². The predicted octanol–water partition coefficient (Wildman–Crippen LogP) is 4.29. The molecule has 1 aliphatic rings. The van der Waals surface area contributed by atoms with Crippen LogP contribution in [0.1, 0.15) is 64.4 Å². The molecular formula is C24H30N2O4. The summed E-state index contributed by atoms with van der Waals surface area (Å²) in [5, 5.41) is 5.82. The molecule has 0 aromatic heterocycles. The van der Waals surface area contributed by atoms with Crippen LogP contribution < -0.4 is 15.4 Å². The molecule has 30 heavy (non-hydrogen) atoms. The Bertz CT molecular complexity index is 917. The van der Waals surface area contributed by atoms with Crippen LogP contribution in [0.5, 0.6) is 5.75 Å². The normalized spacial score (nSPS) is 15.8. The van der Waals surface area contributed by atoms with Crippen molar-refractivity contribution in [3.05, 3.63) is 58.7 Å². The third-order valence-electron chi connectivity index (χ3n) is 5.38. The van der Waals surface area contributed by atoms with Gasteiger partial charge in [0.25, 0.3) is 11.8 Å². The van der Waals surface area contributed by atoms with E-state index in [1.54, 1.807) is 31.4 Å². The van der Waals surface area contributed by atoms with E-state index in [0.717, 1.165) is 36.3 Å². The topological polar surface area (TPSA) is 76.7 Å². The second-order valence-corrected chi connectivity index (χ2v) is 7.91. The van der Waals surface area contributed by atoms with Crippen molar-refractivity contribution in [2.24, 2.45) is 0 Å². The lowest BCUT2D eigenvalue weighted by Gasteiger charge is -2.17. The lowest BCUT2D eigenvalue weighted by Crippen LogP contribution is -2.32. The Balaban J connectivity index is 1.79. The van der Waals surface area contributed by atoms with E-state index >= 15 is 0 Å². The van der Waals surface area contributed by atoms with Gasteiger partial charge in [0.15, 0.2) is 0 Å². The van der Waals surface area contributed by atoms with Gasteiger partial charge in [-0.05, 0) is 61.1 Å². The van der Waals surface area contributed by atoms with E-state index in [1.807, 2.05) is 19.1 Å². The van der Waals surface area contributed by atoms with Crippen LogP contribution in [0, 0.1) is 6.92 Å². The SMILES string of the molecule is COc1cc(C)c(C(=O)Nc2ccccc2C(=O)NC[C@@H]2CCCO2)cc1C(C)C. The Kier molecular flexibility index (Phi) is 7.11. The zero-order valence-corrected chi connectivity index (χ0v) is 18.1. The Hall–Kier alpha value is -2.86. The van der Waals surface area contributed by atoms with Crippen molar-refractivity contribution in [2.75, 3.05) is 25.6 Å². The number of aryl methyl sites for hydroxylation is 1. The van der Waals surface area contributed by atoms with Crippen LogP contribution in [-0.2, 0) is 4.74 Å². The minimum absolute atomic E-state index is 0.0621. The van der Waals surface area contributed by atoms with Gasteiger partial charge in [-0.3, -0.25) is 9.59 Å². The van der Waals surface area contributed by atoms with Gasteiger partial charge in [0.1, 0.15) is 5.75 Å². The molecule has 2 aromatic rings. The summed E-state index contributed by atoms with van der Waals surface area (Å²) in [5.74, 6) is 0.503. The third-order valence-corrected chi connectivity index (χ3v) is 5.38. The zero-order valence-electron chi connectivity index (χ0n) is 18.1. The number of carbonyl (C=O) groups is 2. The van der Waals surface area contributed by atoms with Gasteiger partial charge in [-0.2, -0.15) is 0 Å². The summed E-state index contributed by atoms with van der Waals surface area (Å²) in [6, 6.07) is 10.8. The molecule has 0 spiro atoms. The molecule has 0 aliphatic carbocycles. The first-order valence-corrected chi connectivity index (χ1v) is 10.4. The summed E-state index contributed by atoms with van der Waals surface area (Å²) in [7, 11) is 1.63. The smallest absolute Gasteiger partial charge is 0.255 e. The summed E-state index contributed by atoms with van der Waals surface area (Å²) in [4.78, 5) is 25.7. The summed E-state index contributed by atoms with van der Waals surface area (Å²) >= 11 is 0. The summed E-state index contributed by atoms with van der Waals surface area (Å²) < 4.78 is 11.0. The van der Waals surface area contributed by atoms with Gasteiger partial charge < -0.3 is 20.1 Å². The van der Waals surface area contributed by atoms with Gasteiger partial charge in [-0.15, -0.1) is 0 Å². The highest BCUT2D eigenvalue weighted by Crippen LogP contribution is 2.30. The standard InChI is InChI=1S/C24H30N2O4/c1-15(2)19-13-20(16(3)12-22(19)29-4)24(28)26-21-10-6-5-9-18(21)23(27)25-14-17-8-7-11-30-17/h5-6,9-10,12-13,15,17H,7-8,11,14H2,1-4H3,(H,25,27)(H,26,28)/t17-/m0/s1. The van der Waals surface area contributed by atoms with Gasteiger partial charge in [0.05, 0.1) is 24.5 Å². The van der Waals surface area contributed by atoms with E-state index in [0.29, 0.717) is 23.4 Å². The average molecular weight is 411 g/mol. The maximum atomic E-state index is 13.0. The van der Waals surface area contributed by atoms with E-state index in [4.69, 9.17) is 9.47 Å². The highest BCUT2D eigenvalue weighted by molar-refractivity contribution is 6.09. The van der Waals surface area contributed by atoms with Gasteiger partial charge >= 0.3 is 0 Å². The van der Waals surface area contributed by atoms with Crippen molar-refractivity contribution in [1.29, 1.82) is 0 Å². The molecule has 160 valence electrons. The molecule has 2 N–H and O–H groups in total. The molecule has 2 aromatic carbocycles. The van der Waals surface area contributed by atoms with Gasteiger partial charge in [0.2, 0.25) is 0 Å². The Morgan fingerprint density at radius 2 is 1.93 bits per heavy atom. The molecule has 1 saturated heterocycles. The van der Waals surface area contributed by atoms with Gasteiger partial charge in [-0.1, -0.05) is 26.0 Å². The second kappa shape index (κ2) is 9.76. The highest BCUT2D eigenvalue weighted by atomic mass is 16.5. The van der Waals surface area contributed by atoms with Crippen LogP contribution in [0.25, 0.3) is 0 Å².